The molecular weight excluding hydrogens is 250 g/mol. The van der Waals surface area contributed by atoms with Crippen molar-refractivity contribution in [2.75, 3.05) is 19.6 Å². The molecule has 0 bridgehead atoms. The summed E-state index contributed by atoms with van der Waals surface area (Å²) in [7, 11) is 0. The summed E-state index contributed by atoms with van der Waals surface area (Å²) in [5.41, 5.74) is 5.75. The van der Waals surface area contributed by atoms with Crippen LogP contribution in [0.1, 0.15) is 59.8 Å². The molecule has 0 saturated carbocycles. The molecule has 0 radical (unpaired) electrons. The van der Waals surface area contributed by atoms with E-state index in [0.717, 1.165) is 19.0 Å². The van der Waals surface area contributed by atoms with Crippen LogP contribution in [0, 0.1) is 5.92 Å². The van der Waals surface area contributed by atoms with E-state index in [4.69, 9.17) is 5.73 Å². The van der Waals surface area contributed by atoms with Crippen LogP contribution in [0.4, 0.5) is 0 Å². The van der Waals surface area contributed by atoms with Crippen LogP contribution in [-0.2, 0) is 4.79 Å². The Labute approximate surface area is 124 Å². The largest absolute Gasteiger partial charge is 0.351 e. The first-order valence-corrected chi connectivity index (χ1v) is 8.10. The number of nitrogens with one attached hydrogen (secondary N) is 1. The number of hydrogen-bond acceptors (Lipinski definition) is 3. The fourth-order valence-corrected chi connectivity index (χ4v) is 3.01. The zero-order valence-corrected chi connectivity index (χ0v) is 13.7. The van der Waals surface area contributed by atoms with Crippen LogP contribution in [0.2, 0.25) is 0 Å². The fourth-order valence-electron chi connectivity index (χ4n) is 3.01. The van der Waals surface area contributed by atoms with Crippen LogP contribution in [-0.4, -0.2) is 42.0 Å². The number of carbonyl (C=O) groups is 1. The minimum atomic E-state index is -0.164. The highest BCUT2D eigenvalue weighted by molar-refractivity contribution is 5.77. The van der Waals surface area contributed by atoms with Crippen molar-refractivity contribution in [1.29, 1.82) is 0 Å². The molecule has 1 fully saturated rings. The molecule has 0 spiro atoms. The van der Waals surface area contributed by atoms with Gasteiger partial charge in [-0.3, -0.25) is 9.69 Å². The molecule has 0 aliphatic carbocycles. The average Bonchev–Trinajstić information content (AvgIpc) is 2.59. The molecule has 4 heteroatoms. The van der Waals surface area contributed by atoms with Crippen molar-refractivity contribution in [2.45, 2.75) is 71.4 Å². The van der Waals surface area contributed by atoms with Crippen molar-refractivity contribution < 1.29 is 4.79 Å². The van der Waals surface area contributed by atoms with E-state index in [1.54, 1.807) is 0 Å². The van der Waals surface area contributed by atoms with Gasteiger partial charge in [-0.1, -0.05) is 13.3 Å². The number of rotatable bonds is 5. The Bertz CT molecular complexity index is 299. The van der Waals surface area contributed by atoms with Gasteiger partial charge < -0.3 is 11.1 Å². The van der Waals surface area contributed by atoms with Gasteiger partial charge >= 0.3 is 0 Å². The van der Waals surface area contributed by atoms with Gasteiger partial charge in [0.05, 0.1) is 0 Å². The zero-order chi connectivity index (χ0) is 15.2. The number of nitrogens with zero attached hydrogens (tertiary/aromatic N) is 1. The van der Waals surface area contributed by atoms with Crippen LogP contribution < -0.4 is 11.1 Å². The van der Waals surface area contributed by atoms with E-state index in [9.17, 15) is 4.79 Å². The van der Waals surface area contributed by atoms with Crippen molar-refractivity contribution in [3.8, 4) is 0 Å². The van der Waals surface area contributed by atoms with Gasteiger partial charge in [0.2, 0.25) is 5.91 Å². The van der Waals surface area contributed by atoms with Gasteiger partial charge in [0.15, 0.2) is 0 Å². The molecule has 1 aliphatic heterocycles. The Morgan fingerprint density at radius 2 is 2.05 bits per heavy atom. The lowest BCUT2D eigenvalue weighted by Crippen LogP contribution is -2.47. The summed E-state index contributed by atoms with van der Waals surface area (Å²) in [6.45, 7) is 11.1. The average molecular weight is 283 g/mol. The maximum absolute atomic E-state index is 12.1. The number of amides is 1. The van der Waals surface area contributed by atoms with Gasteiger partial charge in [0.1, 0.15) is 0 Å². The number of hydrogen-bond donors (Lipinski definition) is 2. The predicted molar refractivity (Wildman–Crippen MR) is 84.6 cm³/mol. The third-order valence-corrected chi connectivity index (χ3v) is 4.18. The van der Waals surface area contributed by atoms with Gasteiger partial charge in [-0.2, -0.15) is 0 Å². The summed E-state index contributed by atoms with van der Waals surface area (Å²) in [5.74, 6) is 0.964. The van der Waals surface area contributed by atoms with Crippen LogP contribution in [0.25, 0.3) is 0 Å². The highest BCUT2D eigenvalue weighted by Gasteiger charge is 2.24. The van der Waals surface area contributed by atoms with Crippen LogP contribution in [0.5, 0.6) is 0 Å². The van der Waals surface area contributed by atoms with Crippen LogP contribution in [0.15, 0.2) is 0 Å². The molecule has 0 aromatic heterocycles. The fraction of sp³-hybridized carbons (Fsp3) is 0.938. The standard InChI is InChI=1S/C16H33N3O/c1-5-13-7-6-9-19(10-8-13)14(12-17)11-15(20)18-16(2,3)4/h13-14H,5-12,17H2,1-4H3,(H,18,20). The number of nitrogens with two attached hydrogens (primary N) is 1. The maximum Gasteiger partial charge on any atom is 0.222 e. The van der Waals surface area contributed by atoms with E-state index in [1.807, 2.05) is 20.8 Å². The van der Waals surface area contributed by atoms with E-state index in [-0.39, 0.29) is 17.5 Å². The van der Waals surface area contributed by atoms with Gasteiger partial charge in [0, 0.05) is 24.5 Å². The lowest BCUT2D eigenvalue weighted by Gasteiger charge is -2.30. The predicted octanol–water partition coefficient (Wildman–Crippen LogP) is 2.13. The van der Waals surface area contributed by atoms with E-state index in [2.05, 4.69) is 17.1 Å². The first-order valence-electron chi connectivity index (χ1n) is 8.10. The molecular formula is C16H33N3O. The molecule has 1 saturated heterocycles. The summed E-state index contributed by atoms with van der Waals surface area (Å²) in [6, 6.07) is 0.188. The number of carbonyl (C=O) groups excluding carboxylic acids is 1. The van der Waals surface area contributed by atoms with Crippen molar-refractivity contribution in [1.82, 2.24) is 10.2 Å². The normalized spacial score (nSPS) is 23.1. The Morgan fingerprint density at radius 3 is 2.60 bits per heavy atom. The summed E-state index contributed by atoms with van der Waals surface area (Å²) in [6.07, 6.45) is 5.58. The molecule has 0 aromatic carbocycles. The summed E-state index contributed by atoms with van der Waals surface area (Å²) >= 11 is 0. The van der Waals surface area contributed by atoms with Gasteiger partial charge in [-0.15, -0.1) is 0 Å². The van der Waals surface area contributed by atoms with E-state index < -0.39 is 0 Å². The van der Waals surface area contributed by atoms with Gasteiger partial charge in [-0.05, 0) is 59.0 Å². The van der Waals surface area contributed by atoms with Crippen molar-refractivity contribution in [3.05, 3.63) is 0 Å². The highest BCUT2D eigenvalue weighted by Crippen LogP contribution is 2.22. The summed E-state index contributed by atoms with van der Waals surface area (Å²) < 4.78 is 0. The van der Waals surface area contributed by atoms with Crippen molar-refractivity contribution in [3.63, 3.8) is 0 Å². The first kappa shape index (κ1) is 17.4. The zero-order valence-electron chi connectivity index (χ0n) is 13.7. The quantitative estimate of drug-likeness (QED) is 0.812. The van der Waals surface area contributed by atoms with E-state index in [1.165, 1.54) is 25.7 Å². The third kappa shape index (κ3) is 6.23. The second-order valence-electron chi connectivity index (χ2n) is 7.13. The van der Waals surface area contributed by atoms with Gasteiger partial charge in [-0.25, -0.2) is 0 Å². The molecule has 1 rings (SSSR count). The topological polar surface area (TPSA) is 58.4 Å². The van der Waals surface area contributed by atoms with Crippen LogP contribution >= 0.6 is 0 Å². The molecule has 3 N–H and O–H groups in total. The Balaban J connectivity index is 2.51. The molecule has 0 aromatic rings. The SMILES string of the molecule is CCC1CCCN(C(CN)CC(=O)NC(C)(C)C)CC1. The second-order valence-corrected chi connectivity index (χ2v) is 7.13. The molecule has 2 atom stereocenters. The Hall–Kier alpha value is -0.610. The van der Waals surface area contributed by atoms with Crippen molar-refractivity contribution >= 4 is 5.91 Å². The molecule has 20 heavy (non-hydrogen) atoms. The Kier molecular flexibility index (Phi) is 6.96. The minimum Gasteiger partial charge on any atom is -0.351 e. The molecule has 1 aliphatic rings. The lowest BCUT2D eigenvalue weighted by molar-refractivity contribution is -0.123. The minimum absolute atomic E-state index is 0.115. The summed E-state index contributed by atoms with van der Waals surface area (Å²) in [4.78, 5) is 14.5. The first-order chi connectivity index (χ1) is 9.35. The monoisotopic (exact) mass is 283 g/mol. The lowest BCUT2D eigenvalue weighted by atomic mass is 9.98. The third-order valence-electron chi connectivity index (χ3n) is 4.18. The molecule has 2 unspecified atom stereocenters. The highest BCUT2D eigenvalue weighted by atomic mass is 16.1. The Morgan fingerprint density at radius 1 is 1.35 bits per heavy atom. The molecule has 1 heterocycles. The van der Waals surface area contributed by atoms with Crippen molar-refractivity contribution in [2.24, 2.45) is 11.7 Å². The second kappa shape index (κ2) is 7.99. The maximum atomic E-state index is 12.1. The van der Waals surface area contributed by atoms with E-state index >= 15 is 0 Å². The summed E-state index contributed by atoms with van der Waals surface area (Å²) in [5, 5.41) is 3.04. The van der Waals surface area contributed by atoms with Crippen LogP contribution in [0.3, 0.4) is 0 Å². The molecule has 4 nitrogen and oxygen atoms in total. The smallest absolute Gasteiger partial charge is 0.222 e. The van der Waals surface area contributed by atoms with Gasteiger partial charge in [0.25, 0.3) is 0 Å². The molecule has 1 amide bonds. The molecule has 118 valence electrons. The number of likely N-dealkylation sites (tertiary alicyclic amines) is 1. The van der Waals surface area contributed by atoms with E-state index in [0.29, 0.717) is 13.0 Å².